The van der Waals surface area contributed by atoms with Crippen molar-refractivity contribution in [1.82, 2.24) is 5.32 Å². The summed E-state index contributed by atoms with van der Waals surface area (Å²) in [6.45, 7) is 4.85. The van der Waals surface area contributed by atoms with Gasteiger partial charge in [-0.15, -0.1) is 0 Å². The van der Waals surface area contributed by atoms with Crippen LogP contribution in [0.1, 0.15) is 36.3 Å². The molecule has 1 aromatic heterocycles. The SMILES string of the molecule is CCCOc1ccc(C(NC)c2ccoc2C)cc1. The van der Waals surface area contributed by atoms with Gasteiger partial charge in [0.25, 0.3) is 0 Å². The second-order valence-electron chi connectivity index (χ2n) is 4.57. The molecule has 2 rings (SSSR count). The van der Waals surface area contributed by atoms with Crippen molar-refractivity contribution in [2.75, 3.05) is 13.7 Å². The van der Waals surface area contributed by atoms with E-state index >= 15 is 0 Å². The Morgan fingerprint density at radius 2 is 1.95 bits per heavy atom. The average Bonchev–Trinajstić information content (AvgIpc) is 2.85. The van der Waals surface area contributed by atoms with E-state index in [1.165, 1.54) is 11.1 Å². The highest BCUT2D eigenvalue weighted by atomic mass is 16.5. The Morgan fingerprint density at radius 3 is 2.47 bits per heavy atom. The van der Waals surface area contributed by atoms with Crippen LogP contribution < -0.4 is 10.1 Å². The van der Waals surface area contributed by atoms with Gasteiger partial charge in [0.2, 0.25) is 0 Å². The normalized spacial score (nSPS) is 12.4. The van der Waals surface area contributed by atoms with Crippen molar-refractivity contribution in [2.24, 2.45) is 0 Å². The molecule has 0 saturated heterocycles. The number of aryl methyl sites for hydroxylation is 1. The van der Waals surface area contributed by atoms with Crippen molar-refractivity contribution < 1.29 is 9.15 Å². The molecular weight excluding hydrogens is 238 g/mol. The van der Waals surface area contributed by atoms with Crippen molar-refractivity contribution in [3.8, 4) is 5.75 Å². The second kappa shape index (κ2) is 6.43. The molecule has 102 valence electrons. The molecule has 0 radical (unpaired) electrons. The van der Waals surface area contributed by atoms with Crippen molar-refractivity contribution in [3.63, 3.8) is 0 Å². The molecule has 0 aliphatic rings. The fraction of sp³-hybridized carbons (Fsp3) is 0.375. The monoisotopic (exact) mass is 259 g/mol. The molecule has 1 atom stereocenters. The van der Waals surface area contributed by atoms with Crippen molar-refractivity contribution in [2.45, 2.75) is 26.3 Å². The van der Waals surface area contributed by atoms with E-state index in [1.807, 2.05) is 32.2 Å². The van der Waals surface area contributed by atoms with E-state index in [0.29, 0.717) is 0 Å². The first-order chi connectivity index (χ1) is 9.26. The van der Waals surface area contributed by atoms with Crippen molar-refractivity contribution in [3.05, 3.63) is 53.5 Å². The lowest BCUT2D eigenvalue weighted by Gasteiger charge is -2.16. The van der Waals surface area contributed by atoms with Crippen molar-refractivity contribution in [1.29, 1.82) is 0 Å². The van der Waals surface area contributed by atoms with Crippen LogP contribution in [0.25, 0.3) is 0 Å². The number of nitrogens with one attached hydrogen (secondary N) is 1. The Morgan fingerprint density at radius 1 is 1.21 bits per heavy atom. The topological polar surface area (TPSA) is 34.4 Å². The van der Waals surface area contributed by atoms with Crippen LogP contribution in [-0.4, -0.2) is 13.7 Å². The number of furan rings is 1. The molecule has 1 aromatic carbocycles. The molecule has 1 heterocycles. The molecule has 0 bridgehead atoms. The molecule has 0 spiro atoms. The Hall–Kier alpha value is -1.74. The van der Waals surface area contributed by atoms with Crippen LogP contribution >= 0.6 is 0 Å². The van der Waals surface area contributed by atoms with Crippen LogP contribution in [0.5, 0.6) is 5.75 Å². The van der Waals surface area contributed by atoms with Crippen LogP contribution in [0.4, 0.5) is 0 Å². The maximum absolute atomic E-state index is 5.60. The first-order valence-electron chi connectivity index (χ1n) is 6.70. The van der Waals surface area contributed by atoms with Gasteiger partial charge in [-0.2, -0.15) is 0 Å². The highest BCUT2D eigenvalue weighted by Gasteiger charge is 2.15. The molecule has 2 aromatic rings. The fourth-order valence-electron chi connectivity index (χ4n) is 2.17. The molecule has 1 unspecified atom stereocenters. The summed E-state index contributed by atoms with van der Waals surface area (Å²) in [5.74, 6) is 1.87. The summed E-state index contributed by atoms with van der Waals surface area (Å²) < 4.78 is 11.0. The first kappa shape index (κ1) is 13.7. The molecular formula is C16H21NO2. The summed E-state index contributed by atoms with van der Waals surface area (Å²) in [6.07, 6.45) is 2.75. The maximum Gasteiger partial charge on any atom is 0.119 e. The number of hydrogen-bond donors (Lipinski definition) is 1. The highest BCUT2D eigenvalue weighted by Crippen LogP contribution is 2.26. The molecule has 0 saturated carbocycles. The van der Waals surface area contributed by atoms with Gasteiger partial charge in [-0.25, -0.2) is 0 Å². The van der Waals surface area contributed by atoms with Gasteiger partial charge in [0, 0.05) is 5.56 Å². The molecule has 0 amide bonds. The predicted octanol–water partition coefficient (Wildman–Crippen LogP) is 3.69. The van der Waals surface area contributed by atoms with Crippen molar-refractivity contribution >= 4 is 0 Å². The summed E-state index contributed by atoms with van der Waals surface area (Å²) in [7, 11) is 1.96. The second-order valence-corrected chi connectivity index (χ2v) is 4.57. The van der Waals surface area contributed by atoms with Gasteiger partial charge >= 0.3 is 0 Å². The smallest absolute Gasteiger partial charge is 0.119 e. The van der Waals surface area contributed by atoms with E-state index in [2.05, 4.69) is 24.4 Å². The largest absolute Gasteiger partial charge is 0.494 e. The average molecular weight is 259 g/mol. The van der Waals surface area contributed by atoms with Crippen LogP contribution in [-0.2, 0) is 0 Å². The highest BCUT2D eigenvalue weighted by molar-refractivity contribution is 5.36. The summed E-state index contributed by atoms with van der Waals surface area (Å²) in [5.41, 5.74) is 2.38. The third-order valence-corrected chi connectivity index (χ3v) is 3.18. The Bertz CT molecular complexity index is 502. The molecule has 1 N–H and O–H groups in total. The zero-order chi connectivity index (χ0) is 13.7. The van der Waals surface area contributed by atoms with E-state index in [9.17, 15) is 0 Å². The third kappa shape index (κ3) is 3.18. The number of hydrogen-bond acceptors (Lipinski definition) is 3. The van der Waals surface area contributed by atoms with Crippen LogP contribution in [0, 0.1) is 6.92 Å². The van der Waals surface area contributed by atoms with Gasteiger partial charge in [0.05, 0.1) is 18.9 Å². The minimum Gasteiger partial charge on any atom is -0.494 e. The lowest BCUT2D eigenvalue weighted by atomic mass is 9.99. The van der Waals surface area contributed by atoms with Gasteiger partial charge in [-0.05, 0) is 44.2 Å². The molecule has 0 fully saturated rings. The molecule has 3 heteroatoms. The standard InChI is InChI=1S/C16H21NO2/c1-4-10-19-14-7-5-13(6-8-14)16(17-3)15-9-11-18-12(15)2/h5-9,11,16-17H,4,10H2,1-3H3. The van der Waals surface area contributed by atoms with Crippen LogP contribution in [0.2, 0.25) is 0 Å². The van der Waals surface area contributed by atoms with Gasteiger partial charge in [0.1, 0.15) is 11.5 Å². The molecule has 3 nitrogen and oxygen atoms in total. The molecule has 0 aliphatic heterocycles. The van der Waals surface area contributed by atoms with E-state index in [-0.39, 0.29) is 6.04 Å². The zero-order valence-corrected chi connectivity index (χ0v) is 11.8. The van der Waals surface area contributed by atoms with E-state index < -0.39 is 0 Å². The van der Waals surface area contributed by atoms with Gasteiger partial charge in [0.15, 0.2) is 0 Å². The Labute approximate surface area is 114 Å². The maximum atomic E-state index is 5.60. The van der Waals surface area contributed by atoms with Gasteiger partial charge in [-0.3, -0.25) is 0 Å². The fourth-order valence-corrected chi connectivity index (χ4v) is 2.17. The van der Waals surface area contributed by atoms with E-state index in [0.717, 1.165) is 24.5 Å². The predicted molar refractivity (Wildman–Crippen MR) is 76.6 cm³/mol. The first-order valence-corrected chi connectivity index (χ1v) is 6.70. The minimum atomic E-state index is 0.152. The summed E-state index contributed by atoms with van der Waals surface area (Å²) in [4.78, 5) is 0. The Balaban J connectivity index is 2.18. The lowest BCUT2D eigenvalue weighted by Crippen LogP contribution is -2.17. The lowest BCUT2D eigenvalue weighted by molar-refractivity contribution is 0.317. The Kier molecular flexibility index (Phi) is 4.63. The van der Waals surface area contributed by atoms with E-state index in [1.54, 1.807) is 6.26 Å². The van der Waals surface area contributed by atoms with E-state index in [4.69, 9.17) is 9.15 Å². The van der Waals surface area contributed by atoms with Crippen LogP contribution in [0.3, 0.4) is 0 Å². The number of rotatable bonds is 6. The number of ether oxygens (including phenoxy) is 1. The molecule has 19 heavy (non-hydrogen) atoms. The molecule has 0 aliphatic carbocycles. The van der Waals surface area contributed by atoms with Gasteiger partial charge in [-0.1, -0.05) is 19.1 Å². The minimum absolute atomic E-state index is 0.152. The number of benzene rings is 1. The quantitative estimate of drug-likeness (QED) is 0.859. The summed E-state index contributed by atoms with van der Waals surface area (Å²) >= 11 is 0. The van der Waals surface area contributed by atoms with Crippen LogP contribution in [0.15, 0.2) is 41.0 Å². The third-order valence-electron chi connectivity index (χ3n) is 3.18. The summed E-state index contributed by atoms with van der Waals surface area (Å²) in [5, 5.41) is 3.32. The zero-order valence-electron chi connectivity index (χ0n) is 11.8. The van der Waals surface area contributed by atoms with Gasteiger partial charge < -0.3 is 14.5 Å². The summed E-state index contributed by atoms with van der Waals surface area (Å²) in [6, 6.07) is 10.4.